The van der Waals surface area contributed by atoms with Gasteiger partial charge in [0.1, 0.15) is 0 Å². The topological polar surface area (TPSA) is 169 Å². The number of hydrogen-bond donors (Lipinski definition) is 2. The van der Waals surface area contributed by atoms with E-state index in [1.807, 2.05) is 218 Å². The average molecular weight is 1560 g/mol. The highest BCUT2D eigenvalue weighted by Crippen LogP contribution is 2.41. The predicted molar refractivity (Wildman–Crippen MR) is 475 cm³/mol. The van der Waals surface area contributed by atoms with Crippen molar-refractivity contribution < 1.29 is 10.0 Å². The molecule has 16 aromatic carbocycles. The van der Waals surface area contributed by atoms with Crippen LogP contribution in [0.15, 0.2) is 405 Å². The number of rotatable bonds is 14. The van der Waals surface area contributed by atoms with Crippen molar-refractivity contribution >= 4 is 71.6 Å². The van der Waals surface area contributed by atoms with Crippen LogP contribution in [0.3, 0.4) is 0 Å². The first-order valence-corrected chi connectivity index (χ1v) is 38.9. The van der Waals surface area contributed by atoms with E-state index in [1.54, 1.807) is 12.1 Å². The molecule has 20 rings (SSSR count). The summed E-state index contributed by atoms with van der Waals surface area (Å²) >= 11 is 3.78. The van der Waals surface area contributed by atoms with Gasteiger partial charge in [0.2, 0.25) is 0 Å². The third kappa shape index (κ3) is 15.9. The van der Waals surface area contributed by atoms with Gasteiger partial charge in [0.05, 0.1) is 22.8 Å². The van der Waals surface area contributed by atoms with Crippen LogP contribution in [0.2, 0.25) is 0 Å². The molecule has 14 heteroatoms. The summed E-state index contributed by atoms with van der Waals surface area (Å²) in [6.45, 7) is 0. The lowest BCUT2D eigenvalue weighted by Crippen LogP contribution is -2.29. The molecular weight excluding hydrogens is 1490 g/mol. The predicted octanol–water partition coefficient (Wildman–Crippen LogP) is 23.7. The molecule has 20 aromatic rings. The standard InChI is InChI=1S/C51H33N5.C26H19BN2O2.C25H16BrN3/c1-4-16-36(17-5-1)45-33-46(53-50(52-45)42-29-24-34-14-10-11-22-41(34)32-42)37-25-27-38(28-26-37)47-43-23-13-12-15-35(43)30-31-44(47)51-55-48(39-18-6-2-7-19-39)54-49(56-51)40-20-8-3-9-21-40;30-27(31)23-14-12-20(13-15-23)25-17-24(19-7-2-1-3-8-19)28-26(29-25)22-11-10-18-6-4-5-9-21(18)16-22;26-22-20-14-8-7-9-17(20)15-16-21(22)25-28-23(18-10-3-1-4-11-18)27-24(29-25)19-12-5-2-6-13-19/h1-33H;1-17,30-31H;1-16H. The van der Waals surface area contributed by atoms with Gasteiger partial charge in [-0.15, -0.1) is 0 Å². The second-order valence-corrected chi connectivity index (χ2v) is 28.6. The monoisotopic (exact) mass is 1550 g/mol. The summed E-state index contributed by atoms with van der Waals surface area (Å²) in [5.74, 6) is 5.18. The van der Waals surface area contributed by atoms with Crippen molar-refractivity contribution in [1.29, 1.82) is 0 Å². The minimum atomic E-state index is -1.49. The van der Waals surface area contributed by atoms with Crippen LogP contribution in [0.1, 0.15) is 0 Å². The van der Waals surface area contributed by atoms with E-state index in [9.17, 15) is 10.0 Å². The number of aromatic nitrogens is 10. The zero-order valence-corrected chi connectivity index (χ0v) is 64.0. The van der Waals surface area contributed by atoms with Crippen LogP contribution in [-0.2, 0) is 0 Å². The smallest absolute Gasteiger partial charge is 0.423 e. The lowest BCUT2D eigenvalue weighted by atomic mass is 9.80. The van der Waals surface area contributed by atoms with Gasteiger partial charge in [0.25, 0.3) is 0 Å². The van der Waals surface area contributed by atoms with Crippen molar-refractivity contribution in [2.24, 2.45) is 0 Å². The number of halogens is 1. The Kier molecular flexibility index (Phi) is 20.9. The molecule has 0 atom stereocenters. The van der Waals surface area contributed by atoms with E-state index in [1.165, 1.54) is 16.2 Å². The molecule has 0 saturated carbocycles. The van der Waals surface area contributed by atoms with Gasteiger partial charge in [-0.1, -0.05) is 364 Å². The Labute approximate surface area is 679 Å². The molecule has 0 saturated heterocycles. The molecule has 2 N–H and O–H groups in total. The van der Waals surface area contributed by atoms with Crippen molar-refractivity contribution in [3.63, 3.8) is 0 Å². The molecule has 548 valence electrons. The average Bonchev–Trinajstić information content (AvgIpc) is 0.763. The van der Waals surface area contributed by atoms with Crippen molar-refractivity contribution in [2.45, 2.75) is 0 Å². The van der Waals surface area contributed by atoms with E-state index in [2.05, 4.69) is 186 Å². The maximum absolute atomic E-state index is 9.39. The van der Waals surface area contributed by atoms with E-state index in [4.69, 9.17) is 49.8 Å². The summed E-state index contributed by atoms with van der Waals surface area (Å²) in [6.07, 6.45) is 0. The van der Waals surface area contributed by atoms with E-state index < -0.39 is 7.12 Å². The first kappa shape index (κ1) is 72.7. The molecule has 4 aromatic heterocycles. The molecule has 0 bridgehead atoms. The van der Waals surface area contributed by atoms with Crippen molar-refractivity contribution in [3.8, 4) is 147 Å². The number of hydrogen-bond acceptors (Lipinski definition) is 12. The molecule has 0 unspecified atom stereocenters. The molecule has 116 heavy (non-hydrogen) atoms. The fourth-order valence-electron chi connectivity index (χ4n) is 14.3. The highest BCUT2D eigenvalue weighted by molar-refractivity contribution is 9.10. The Balaban J connectivity index is 0.000000131. The van der Waals surface area contributed by atoms with Crippen molar-refractivity contribution in [1.82, 2.24) is 49.8 Å². The number of benzene rings is 16. The first-order valence-electron chi connectivity index (χ1n) is 38.1. The summed E-state index contributed by atoms with van der Waals surface area (Å²) in [7, 11) is -1.49. The second kappa shape index (κ2) is 33.3. The largest absolute Gasteiger partial charge is 0.488 e. The Morgan fingerprint density at radius 3 is 0.853 bits per heavy atom. The van der Waals surface area contributed by atoms with Crippen LogP contribution in [0.25, 0.3) is 190 Å². The molecule has 0 fully saturated rings. The Bertz CT molecular complexity index is 6810. The van der Waals surface area contributed by atoms with Crippen molar-refractivity contribution in [2.75, 3.05) is 0 Å². The summed E-state index contributed by atoms with van der Waals surface area (Å²) in [5, 5.41) is 28.0. The van der Waals surface area contributed by atoms with Crippen LogP contribution in [0.4, 0.5) is 0 Å². The third-order valence-corrected chi connectivity index (χ3v) is 21.1. The van der Waals surface area contributed by atoms with Crippen LogP contribution in [0, 0.1) is 0 Å². The Morgan fingerprint density at radius 2 is 0.457 bits per heavy atom. The summed E-state index contributed by atoms with van der Waals surface area (Å²) in [5.41, 5.74) is 17.4. The van der Waals surface area contributed by atoms with Gasteiger partial charge < -0.3 is 10.0 Å². The molecule has 0 radical (unpaired) electrons. The van der Waals surface area contributed by atoms with E-state index in [0.717, 1.165) is 132 Å². The Hall–Kier alpha value is -14.8. The Morgan fingerprint density at radius 1 is 0.190 bits per heavy atom. The molecule has 12 nitrogen and oxygen atoms in total. The van der Waals surface area contributed by atoms with Gasteiger partial charge in [-0.2, -0.15) is 0 Å². The lowest BCUT2D eigenvalue weighted by molar-refractivity contribution is 0.426. The minimum absolute atomic E-state index is 0.441. The number of nitrogens with zero attached hydrogens (tertiary/aromatic N) is 10. The highest BCUT2D eigenvalue weighted by atomic mass is 79.9. The third-order valence-electron chi connectivity index (χ3n) is 20.3. The highest BCUT2D eigenvalue weighted by Gasteiger charge is 2.22. The van der Waals surface area contributed by atoms with Crippen LogP contribution in [0.5, 0.6) is 0 Å². The lowest BCUT2D eigenvalue weighted by Gasteiger charge is -2.15. The van der Waals surface area contributed by atoms with E-state index in [0.29, 0.717) is 52.1 Å². The van der Waals surface area contributed by atoms with Gasteiger partial charge >= 0.3 is 7.12 Å². The second-order valence-electron chi connectivity index (χ2n) is 27.8. The molecule has 0 aliphatic heterocycles. The summed E-state index contributed by atoms with van der Waals surface area (Å²) in [6, 6.07) is 135. The minimum Gasteiger partial charge on any atom is -0.423 e. The van der Waals surface area contributed by atoms with Crippen molar-refractivity contribution in [3.05, 3.63) is 405 Å². The summed E-state index contributed by atoms with van der Waals surface area (Å²) in [4.78, 5) is 49.5. The van der Waals surface area contributed by atoms with Crippen LogP contribution >= 0.6 is 15.9 Å². The van der Waals surface area contributed by atoms with Gasteiger partial charge in [-0.05, 0) is 106 Å². The quantitative estimate of drug-likeness (QED) is 0.0990. The number of fused-ring (bicyclic) bond motifs is 4. The fraction of sp³-hybridized carbons (Fsp3) is 0. The van der Waals surface area contributed by atoms with Crippen LogP contribution in [-0.4, -0.2) is 67.0 Å². The van der Waals surface area contributed by atoms with E-state index >= 15 is 0 Å². The van der Waals surface area contributed by atoms with Gasteiger partial charge in [0.15, 0.2) is 46.6 Å². The van der Waals surface area contributed by atoms with Gasteiger partial charge in [0, 0.05) is 76.8 Å². The zero-order valence-electron chi connectivity index (χ0n) is 62.4. The van der Waals surface area contributed by atoms with Gasteiger partial charge in [-0.25, -0.2) is 49.8 Å². The summed E-state index contributed by atoms with van der Waals surface area (Å²) < 4.78 is 0.986. The SMILES string of the molecule is Brc1c(-c2nc(-c3ccccc3)nc(-c3ccccc3)n2)ccc2ccccc12.OB(O)c1ccc(-c2cc(-c3ccccc3)nc(-c3ccc4ccccc4c3)n2)cc1.c1ccc(-c2cc(-c3ccc(-c4c(-c5nc(-c6ccccc6)nc(-c6ccccc6)n5)ccc5ccccc45)cc3)nc(-c3ccc4ccccc4c3)n2)cc1. The van der Waals surface area contributed by atoms with E-state index in [-0.39, 0.29) is 0 Å². The maximum atomic E-state index is 9.39. The molecule has 4 heterocycles. The first-order chi connectivity index (χ1) is 57.2. The van der Waals surface area contributed by atoms with Gasteiger partial charge in [-0.3, -0.25) is 0 Å². The zero-order chi connectivity index (χ0) is 78.1. The normalized spacial score (nSPS) is 11.1. The maximum Gasteiger partial charge on any atom is 0.488 e. The molecule has 0 amide bonds. The van der Waals surface area contributed by atoms with Crippen LogP contribution < -0.4 is 5.46 Å². The molecule has 0 aliphatic carbocycles. The fourth-order valence-corrected chi connectivity index (χ4v) is 15.0. The molecule has 0 aliphatic rings. The molecular formula is C102H68BBrN10O2. The molecule has 0 spiro atoms.